The van der Waals surface area contributed by atoms with Crippen LogP contribution in [0.2, 0.25) is 0 Å². The molecule has 1 aliphatic carbocycles. The summed E-state index contributed by atoms with van der Waals surface area (Å²) in [5.41, 5.74) is 2.71. The van der Waals surface area contributed by atoms with E-state index in [9.17, 15) is 19.6 Å². The van der Waals surface area contributed by atoms with Crippen LogP contribution in [0.4, 0.5) is 5.00 Å². The van der Waals surface area contributed by atoms with Crippen LogP contribution in [0, 0.1) is 24.2 Å². The number of nitrogens with one attached hydrogen (secondary N) is 1. The smallest absolute Gasteiger partial charge is 0.348 e. The predicted octanol–water partition coefficient (Wildman–Crippen LogP) is 4.86. The van der Waals surface area contributed by atoms with Crippen LogP contribution in [0.3, 0.4) is 0 Å². The fraction of sp³-hybridized carbons (Fsp3) is 0.321. The third-order valence-corrected chi connectivity index (χ3v) is 9.11. The third-order valence-electron chi connectivity index (χ3n) is 6.76. The number of esters is 1. The molecule has 4 aromatic rings. The Bertz CT molecular complexity index is 1630. The zero-order valence-corrected chi connectivity index (χ0v) is 22.7. The van der Waals surface area contributed by atoms with E-state index in [4.69, 9.17) is 4.74 Å². The number of anilines is 1. The van der Waals surface area contributed by atoms with Gasteiger partial charge >= 0.3 is 5.97 Å². The quantitative estimate of drug-likeness (QED) is 0.331. The fourth-order valence-corrected chi connectivity index (χ4v) is 7.13. The summed E-state index contributed by atoms with van der Waals surface area (Å²) in [5.74, 6) is -0.359. The summed E-state index contributed by atoms with van der Waals surface area (Å²) < 4.78 is 6.68. The second-order valence-electron chi connectivity index (χ2n) is 9.50. The number of hydrogen-bond donors (Lipinski definition) is 1. The second-order valence-corrected chi connectivity index (χ2v) is 11.6. The molecule has 0 bridgehead atoms. The molecule has 194 valence electrons. The SMILES string of the molecule is Cc1c(C(=O)OCCc2ccccc2)sc2ncn(CC(=O)Nc3sc4c(c3C#N)CCC(C)C4)c(=O)c12. The van der Waals surface area contributed by atoms with Gasteiger partial charge in [-0.15, -0.1) is 22.7 Å². The molecule has 1 amide bonds. The molecule has 0 fully saturated rings. The topological polar surface area (TPSA) is 114 Å². The van der Waals surface area contributed by atoms with Gasteiger partial charge in [0.2, 0.25) is 5.91 Å². The van der Waals surface area contributed by atoms with Gasteiger partial charge in [-0.25, -0.2) is 9.78 Å². The Balaban J connectivity index is 1.30. The van der Waals surface area contributed by atoms with Crippen LogP contribution in [-0.2, 0) is 35.3 Å². The van der Waals surface area contributed by atoms with E-state index in [-0.39, 0.29) is 13.2 Å². The first-order valence-electron chi connectivity index (χ1n) is 12.4. The number of carbonyl (C=O) groups excluding carboxylic acids is 2. The Kier molecular flexibility index (Phi) is 7.40. The van der Waals surface area contributed by atoms with Gasteiger partial charge in [0.05, 0.1) is 23.9 Å². The van der Waals surface area contributed by atoms with Crippen molar-refractivity contribution in [1.29, 1.82) is 5.26 Å². The lowest BCUT2D eigenvalue weighted by molar-refractivity contribution is -0.116. The van der Waals surface area contributed by atoms with Crippen molar-refractivity contribution in [2.45, 2.75) is 46.1 Å². The number of benzene rings is 1. The van der Waals surface area contributed by atoms with E-state index < -0.39 is 17.4 Å². The largest absolute Gasteiger partial charge is 0.461 e. The predicted molar refractivity (Wildman–Crippen MR) is 148 cm³/mol. The number of rotatable bonds is 7. The van der Waals surface area contributed by atoms with Crippen molar-refractivity contribution in [2.24, 2.45) is 5.92 Å². The number of aromatic nitrogens is 2. The number of nitrogens with zero attached hydrogens (tertiary/aromatic N) is 3. The average Bonchev–Trinajstić information content (AvgIpc) is 3.42. The number of nitriles is 1. The third kappa shape index (κ3) is 5.12. The van der Waals surface area contributed by atoms with Crippen molar-refractivity contribution in [3.63, 3.8) is 0 Å². The highest BCUT2D eigenvalue weighted by Gasteiger charge is 2.25. The van der Waals surface area contributed by atoms with E-state index in [1.54, 1.807) is 6.92 Å². The van der Waals surface area contributed by atoms with Crippen molar-refractivity contribution >= 4 is 49.8 Å². The highest BCUT2D eigenvalue weighted by Crippen LogP contribution is 2.39. The number of ether oxygens (including phenoxy) is 1. The van der Waals surface area contributed by atoms with Crippen LogP contribution in [0.5, 0.6) is 0 Å². The van der Waals surface area contributed by atoms with Crippen LogP contribution >= 0.6 is 22.7 Å². The Morgan fingerprint density at radius 3 is 2.82 bits per heavy atom. The first-order chi connectivity index (χ1) is 18.4. The van der Waals surface area contributed by atoms with Crippen molar-refractivity contribution in [3.05, 3.63) is 79.0 Å². The summed E-state index contributed by atoms with van der Waals surface area (Å²) >= 11 is 2.55. The van der Waals surface area contributed by atoms with Crippen molar-refractivity contribution in [3.8, 4) is 6.07 Å². The summed E-state index contributed by atoms with van der Waals surface area (Å²) in [6.07, 6.45) is 4.67. The minimum atomic E-state index is -0.495. The molecule has 1 atom stereocenters. The molecule has 0 saturated carbocycles. The minimum Gasteiger partial charge on any atom is -0.461 e. The lowest BCUT2D eigenvalue weighted by atomic mass is 9.89. The Labute approximate surface area is 227 Å². The lowest BCUT2D eigenvalue weighted by Crippen LogP contribution is -2.27. The molecule has 38 heavy (non-hydrogen) atoms. The van der Waals surface area contributed by atoms with E-state index in [2.05, 4.69) is 23.3 Å². The summed E-state index contributed by atoms with van der Waals surface area (Å²) in [4.78, 5) is 45.1. The van der Waals surface area contributed by atoms with Gasteiger partial charge in [0, 0.05) is 11.3 Å². The highest BCUT2D eigenvalue weighted by atomic mass is 32.1. The number of thiophene rings is 2. The Hall–Kier alpha value is -3.81. The molecule has 10 heteroatoms. The van der Waals surface area contributed by atoms with Crippen molar-refractivity contribution in [1.82, 2.24) is 9.55 Å². The summed E-state index contributed by atoms with van der Waals surface area (Å²) in [5, 5.41) is 13.4. The maximum absolute atomic E-state index is 13.2. The zero-order chi connectivity index (χ0) is 26.8. The van der Waals surface area contributed by atoms with Gasteiger partial charge in [-0.3, -0.25) is 14.2 Å². The number of hydrogen-bond acceptors (Lipinski definition) is 8. The van der Waals surface area contributed by atoms with Gasteiger partial charge in [-0.1, -0.05) is 37.3 Å². The van der Waals surface area contributed by atoms with Gasteiger partial charge in [-0.05, 0) is 48.8 Å². The van der Waals surface area contributed by atoms with Crippen LogP contribution in [0.1, 0.15) is 50.1 Å². The normalized spacial score (nSPS) is 14.6. The van der Waals surface area contributed by atoms with Gasteiger partial charge in [0.25, 0.3) is 5.56 Å². The summed E-state index contributed by atoms with van der Waals surface area (Å²) in [6.45, 7) is 3.85. The summed E-state index contributed by atoms with van der Waals surface area (Å²) in [6, 6.07) is 12.0. The molecule has 1 unspecified atom stereocenters. The molecule has 0 spiro atoms. The standard InChI is InChI=1S/C28H26N4O4S2/c1-16-8-9-19-20(13-29)25(37-21(19)12-16)31-22(33)14-32-15-30-26-23(27(32)34)17(2)24(38-26)28(35)36-11-10-18-6-4-3-5-7-18/h3-7,15-16H,8-12,14H2,1-2H3,(H,31,33). The monoisotopic (exact) mass is 546 g/mol. The Morgan fingerprint density at radius 1 is 1.26 bits per heavy atom. The van der Waals surface area contributed by atoms with Crippen molar-refractivity contribution in [2.75, 3.05) is 11.9 Å². The number of amides is 1. The van der Waals surface area contributed by atoms with Gasteiger partial charge in [0.15, 0.2) is 0 Å². The van der Waals surface area contributed by atoms with E-state index in [0.29, 0.717) is 43.6 Å². The van der Waals surface area contributed by atoms with E-state index >= 15 is 0 Å². The van der Waals surface area contributed by atoms with Crippen LogP contribution in [-0.4, -0.2) is 28.0 Å². The van der Waals surface area contributed by atoms with E-state index in [0.717, 1.165) is 46.6 Å². The van der Waals surface area contributed by atoms with E-state index in [1.165, 1.54) is 22.2 Å². The first-order valence-corrected chi connectivity index (χ1v) is 14.0. The molecule has 8 nitrogen and oxygen atoms in total. The van der Waals surface area contributed by atoms with Crippen molar-refractivity contribution < 1.29 is 14.3 Å². The lowest BCUT2D eigenvalue weighted by Gasteiger charge is -2.17. The highest BCUT2D eigenvalue weighted by molar-refractivity contribution is 7.20. The number of carbonyl (C=O) groups is 2. The van der Waals surface area contributed by atoms with Crippen LogP contribution in [0.25, 0.3) is 10.2 Å². The van der Waals surface area contributed by atoms with Crippen LogP contribution < -0.4 is 10.9 Å². The molecule has 0 aliphatic heterocycles. The molecule has 5 rings (SSSR count). The summed E-state index contributed by atoms with van der Waals surface area (Å²) in [7, 11) is 0. The molecule has 1 aliphatic rings. The molecular weight excluding hydrogens is 520 g/mol. The number of fused-ring (bicyclic) bond motifs is 2. The number of aryl methyl sites for hydroxylation is 1. The second kappa shape index (κ2) is 10.9. The van der Waals surface area contributed by atoms with Gasteiger partial charge in [0.1, 0.15) is 27.3 Å². The molecule has 3 heterocycles. The molecule has 0 saturated heterocycles. The maximum Gasteiger partial charge on any atom is 0.348 e. The van der Waals surface area contributed by atoms with E-state index in [1.807, 2.05) is 30.3 Å². The minimum absolute atomic E-state index is 0.226. The molecule has 0 radical (unpaired) electrons. The maximum atomic E-state index is 13.2. The van der Waals surface area contributed by atoms with Gasteiger partial charge in [-0.2, -0.15) is 5.26 Å². The van der Waals surface area contributed by atoms with Crippen LogP contribution in [0.15, 0.2) is 41.5 Å². The molecule has 1 N–H and O–H groups in total. The van der Waals surface area contributed by atoms with Gasteiger partial charge < -0.3 is 10.1 Å². The fourth-order valence-electron chi connectivity index (χ4n) is 4.72. The molecule has 3 aromatic heterocycles. The molecular formula is C28H26N4O4S2. The first kappa shape index (κ1) is 25.8. The zero-order valence-electron chi connectivity index (χ0n) is 21.1. The average molecular weight is 547 g/mol. The molecule has 1 aromatic carbocycles. The Morgan fingerprint density at radius 2 is 2.05 bits per heavy atom.